The van der Waals surface area contributed by atoms with Gasteiger partial charge in [-0.05, 0) is 155 Å². The van der Waals surface area contributed by atoms with Gasteiger partial charge in [0.15, 0.2) is 0 Å². The van der Waals surface area contributed by atoms with Crippen molar-refractivity contribution in [2.24, 2.45) is 0 Å². The van der Waals surface area contributed by atoms with Crippen molar-refractivity contribution in [3.8, 4) is 0 Å². The zero-order valence-corrected chi connectivity index (χ0v) is 54.9. The van der Waals surface area contributed by atoms with E-state index in [2.05, 4.69) is 154 Å². The lowest BCUT2D eigenvalue weighted by atomic mass is 9.94. The molecule has 0 atom stereocenters. The lowest BCUT2D eigenvalue weighted by Crippen LogP contribution is -1.94. The van der Waals surface area contributed by atoms with E-state index < -0.39 is 0 Å². The molecule has 0 fully saturated rings. The van der Waals surface area contributed by atoms with Crippen molar-refractivity contribution in [2.45, 2.75) is 314 Å². The third-order valence-electron chi connectivity index (χ3n) is 15.5. The highest BCUT2D eigenvalue weighted by molar-refractivity contribution is 8.03. The number of benzene rings is 4. The van der Waals surface area contributed by atoms with Crippen LogP contribution in [0.4, 0.5) is 0 Å². The summed E-state index contributed by atoms with van der Waals surface area (Å²) in [6.45, 7) is 15.6. The van der Waals surface area contributed by atoms with Gasteiger partial charge in [0.05, 0.1) is 0 Å². The van der Waals surface area contributed by atoms with Crippen molar-refractivity contribution < 1.29 is 0 Å². The van der Waals surface area contributed by atoms with E-state index >= 15 is 0 Å². The third-order valence-corrected chi connectivity index (χ3v) is 22.7. The monoisotopic (exact) mass is 1150 g/mol. The summed E-state index contributed by atoms with van der Waals surface area (Å²) in [6, 6.07) is 16.3. The molecule has 76 heavy (non-hydrogen) atoms. The van der Waals surface area contributed by atoms with Crippen molar-refractivity contribution in [3.63, 3.8) is 0 Å². The molecule has 6 heteroatoms. The molecule has 0 saturated carbocycles. The molecule has 0 radical (unpaired) electrons. The molecule has 0 saturated heterocycles. The maximum Gasteiger partial charge on any atom is 0.0215 e. The highest BCUT2D eigenvalue weighted by Crippen LogP contribution is 2.48. The molecule has 0 nitrogen and oxygen atoms in total. The molecule has 0 amide bonds. The largest absolute Gasteiger partial charge is 0.125 e. The van der Waals surface area contributed by atoms with Crippen molar-refractivity contribution in [1.82, 2.24) is 0 Å². The third kappa shape index (κ3) is 28.0. The predicted molar refractivity (Wildman–Crippen MR) is 362 cm³/mol. The fraction of sp³-hybridized carbons (Fsp3) is 0.714. The van der Waals surface area contributed by atoms with E-state index in [1.165, 1.54) is 347 Å². The van der Waals surface area contributed by atoms with Crippen LogP contribution in [0.25, 0.3) is 32.3 Å². The second kappa shape index (κ2) is 46.0. The van der Waals surface area contributed by atoms with Gasteiger partial charge in [0.25, 0.3) is 0 Å². The van der Waals surface area contributed by atoms with Gasteiger partial charge in [0.2, 0.25) is 0 Å². The Morgan fingerprint density at radius 1 is 0.237 bits per heavy atom. The number of fused-ring (bicyclic) bond motifs is 6. The molecule has 0 N–H and O–H groups in total. The average Bonchev–Trinajstić information content (AvgIpc) is 3.49. The van der Waals surface area contributed by atoms with Gasteiger partial charge in [-0.1, -0.05) is 240 Å². The van der Waals surface area contributed by atoms with E-state index in [1.807, 2.05) is 0 Å². The van der Waals surface area contributed by atoms with Crippen LogP contribution in [0.15, 0.2) is 78.4 Å². The van der Waals surface area contributed by atoms with Gasteiger partial charge in [-0.3, -0.25) is 0 Å². The Morgan fingerprint density at radius 3 is 0.566 bits per heavy atom. The first-order valence-corrected chi connectivity index (χ1v) is 38.4. The Balaban J connectivity index is 1.84. The summed E-state index contributed by atoms with van der Waals surface area (Å²) in [4.78, 5) is 9.24. The van der Waals surface area contributed by atoms with Gasteiger partial charge in [-0.25, -0.2) is 0 Å². The molecule has 0 spiro atoms. The zero-order chi connectivity index (χ0) is 53.9. The van der Waals surface area contributed by atoms with Crippen LogP contribution in [-0.2, 0) is 0 Å². The molecule has 430 valence electrons. The minimum atomic E-state index is 1.18. The summed E-state index contributed by atoms with van der Waals surface area (Å²) in [5.74, 6) is 7.34. The van der Waals surface area contributed by atoms with Crippen molar-refractivity contribution in [2.75, 3.05) is 34.5 Å². The van der Waals surface area contributed by atoms with Gasteiger partial charge in [-0.2, -0.15) is 0 Å². The van der Waals surface area contributed by atoms with Crippen LogP contribution >= 0.6 is 70.6 Å². The topological polar surface area (TPSA) is 0 Å². The minimum absolute atomic E-state index is 1.18. The van der Waals surface area contributed by atoms with Gasteiger partial charge >= 0.3 is 0 Å². The fourth-order valence-electron chi connectivity index (χ4n) is 10.6. The quantitative estimate of drug-likeness (QED) is 0.0186. The molecule has 4 aromatic carbocycles. The maximum absolute atomic E-state index is 3.92. The number of rotatable bonds is 52. The molecule has 4 aromatic rings. The lowest BCUT2D eigenvalue weighted by Gasteiger charge is -2.20. The molecule has 0 bridgehead atoms. The lowest BCUT2D eigenvalue weighted by molar-refractivity contribution is 0.579. The smallest absolute Gasteiger partial charge is 0.0215 e. The SMILES string of the molecule is C=CCCCCCCCCCCSc1cc2c3cc(SCCCCCCCC)c(SCCCCCCCC)cc3c3cc(SCCCCCCCC)c(SCCCCCCCC)cc3c2cc1SCCCCCCCC. The van der Waals surface area contributed by atoms with Crippen LogP contribution in [0.5, 0.6) is 0 Å². The van der Waals surface area contributed by atoms with E-state index in [0.717, 1.165) is 0 Å². The summed E-state index contributed by atoms with van der Waals surface area (Å²) in [5, 5.41) is 8.99. The molecule has 0 unspecified atom stereocenters. The second-order valence-corrected chi connectivity index (χ2v) is 29.2. The second-order valence-electron chi connectivity index (χ2n) is 22.4. The molecule has 0 aliphatic heterocycles. The van der Waals surface area contributed by atoms with Gasteiger partial charge in [-0.15, -0.1) is 77.2 Å². The summed E-state index contributed by atoms with van der Waals surface area (Å²) in [5.41, 5.74) is 0. The van der Waals surface area contributed by atoms with Crippen molar-refractivity contribution in [1.29, 1.82) is 0 Å². The van der Waals surface area contributed by atoms with Crippen molar-refractivity contribution in [3.05, 3.63) is 49.1 Å². The highest BCUT2D eigenvalue weighted by Gasteiger charge is 2.19. The standard InChI is InChI=1S/C70H114S6/c1-7-13-19-25-31-32-33-34-40-46-52-76-70-58-64-62-56-68(74-50-44-38-29-23-17-11-5)66(72-48-42-36-27-21-15-9-3)54-60(62)59-53-65(71-47-41-35-26-20-14-8-2)67(73-49-43-37-28-22-16-10-4)55-61(59)63(64)57-69(70)75-51-45-39-30-24-18-12-6/h7,53-58H,1,8-52H2,2-6H3. The van der Waals surface area contributed by atoms with E-state index in [1.54, 1.807) is 0 Å². The predicted octanol–water partition coefficient (Wildman–Crippen LogP) is 27.2. The first kappa shape index (κ1) is 68.0. The summed E-state index contributed by atoms with van der Waals surface area (Å²) < 4.78 is 0. The molecular formula is C70H114S6. The molecule has 4 rings (SSSR count). The minimum Gasteiger partial charge on any atom is -0.125 e. The number of allylic oxidation sites excluding steroid dienone is 1. The van der Waals surface area contributed by atoms with Crippen LogP contribution in [0, 0.1) is 0 Å². The van der Waals surface area contributed by atoms with E-state index in [-0.39, 0.29) is 0 Å². The number of unbranched alkanes of at least 4 members (excludes halogenated alkanes) is 33. The Morgan fingerprint density at radius 2 is 0.395 bits per heavy atom. The summed E-state index contributed by atoms with van der Waals surface area (Å²) in [6.07, 6.45) is 55.0. The Bertz CT molecular complexity index is 2020. The van der Waals surface area contributed by atoms with Gasteiger partial charge in [0.1, 0.15) is 0 Å². The van der Waals surface area contributed by atoms with Crippen LogP contribution in [0.3, 0.4) is 0 Å². The first-order chi connectivity index (χ1) is 37.6. The summed E-state index contributed by atoms with van der Waals surface area (Å²) in [7, 11) is 0. The molecule has 0 aromatic heterocycles. The highest BCUT2D eigenvalue weighted by atomic mass is 32.2. The Kier molecular flexibility index (Phi) is 41.2. The molecule has 0 aliphatic rings. The van der Waals surface area contributed by atoms with E-state index in [4.69, 9.17) is 0 Å². The zero-order valence-electron chi connectivity index (χ0n) is 50.0. The fourth-order valence-corrected chi connectivity index (χ4v) is 17.5. The molecular weight excluding hydrogens is 1030 g/mol. The van der Waals surface area contributed by atoms with Crippen molar-refractivity contribution >= 4 is 103 Å². The normalized spacial score (nSPS) is 11.9. The number of hydrogen-bond acceptors (Lipinski definition) is 6. The number of hydrogen-bond donors (Lipinski definition) is 0. The maximum atomic E-state index is 3.92. The average molecular weight is 1150 g/mol. The molecule has 0 aliphatic carbocycles. The van der Waals surface area contributed by atoms with Crippen LogP contribution < -0.4 is 0 Å². The molecule has 0 heterocycles. The number of thioether (sulfide) groups is 6. The van der Waals surface area contributed by atoms with Crippen LogP contribution in [0.2, 0.25) is 0 Å². The van der Waals surface area contributed by atoms with Gasteiger partial charge < -0.3 is 0 Å². The Labute approximate surface area is 497 Å². The van der Waals surface area contributed by atoms with Gasteiger partial charge in [0, 0.05) is 29.4 Å². The van der Waals surface area contributed by atoms with E-state index in [0.29, 0.717) is 0 Å². The van der Waals surface area contributed by atoms with Crippen LogP contribution in [-0.4, -0.2) is 34.5 Å². The van der Waals surface area contributed by atoms with E-state index in [9.17, 15) is 0 Å². The first-order valence-electron chi connectivity index (χ1n) is 32.5. The Hall–Kier alpha value is -0.500. The van der Waals surface area contributed by atoms with Crippen LogP contribution in [0.1, 0.15) is 285 Å². The summed E-state index contributed by atoms with van der Waals surface area (Å²) >= 11 is 13.0.